The minimum atomic E-state index is -0.145. The van der Waals surface area contributed by atoms with Crippen molar-refractivity contribution >= 4 is 39.3 Å². The summed E-state index contributed by atoms with van der Waals surface area (Å²) in [5.41, 5.74) is 3.43. The van der Waals surface area contributed by atoms with Crippen molar-refractivity contribution in [1.82, 2.24) is 20.2 Å². The number of amides is 1. The average molecular weight is 418 g/mol. The fraction of sp³-hybridized carbons (Fsp3) is 0.176. The number of aryl methyl sites for hydroxylation is 3. The molecule has 1 aromatic heterocycles. The molecule has 25 heavy (non-hydrogen) atoms. The van der Waals surface area contributed by atoms with E-state index in [-0.39, 0.29) is 5.91 Å². The first-order chi connectivity index (χ1) is 11.9. The molecule has 0 unspecified atom stereocenters. The molecule has 3 rings (SSSR count). The number of anilines is 1. The molecule has 6 nitrogen and oxygen atoms in total. The molecule has 1 amide bonds. The third-order valence-corrected chi connectivity index (χ3v) is 5.20. The van der Waals surface area contributed by atoms with E-state index in [4.69, 9.17) is 0 Å². The molecule has 128 valence electrons. The van der Waals surface area contributed by atoms with Gasteiger partial charge in [-0.3, -0.25) is 4.79 Å². The number of aromatic nitrogens is 4. The zero-order chi connectivity index (χ0) is 18.0. The number of halogens is 1. The zero-order valence-electron chi connectivity index (χ0n) is 13.9. The second-order valence-electron chi connectivity index (χ2n) is 5.60. The highest BCUT2D eigenvalue weighted by Gasteiger charge is 2.14. The van der Waals surface area contributed by atoms with Crippen LogP contribution in [-0.2, 0) is 7.05 Å². The van der Waals surface area contributed by atoms with Crippen LogP contribution in [0.3, 0.4) is 0 Å². The molecule has 3 aromatic rings. The van der Waals surface area contributed by atoms with Gasteiger partial charge in [0.2, 0.25) is 5.16 Å². The predicted molar refractivity (Wildman–Crippen MR) is 101 cm³/mol. The van der Waals surface area contributed by atoms with E-state index in [0.29, 0.717) is 16.4 Å². The Morgan fingerprint density at radius 1 is 1.20 bits per heavy atom. The predicted octanol–water partition coefficient (Wildman–Crippen LogP) is 3.99. The van der Waals surface area contributed by atoms with Gasteiger partial charge in [-0.1, -0.05) is 33.6 Å². The highest BCUT2D eigenvalue weighted by molar-refractivity contribution is 9.10. The van der Waals surface area contributed by atoms with E-state index in [1.807, 2.05) is 50.2 Å². The molecule has 0 saturated heterocycles. The summed E-state index contributed by atoms with van der Waals surface area (Å²) in [5, 5.41) is 15.1. The first-order valence-corrected chi connectivity index (χ1v) is 9.13. The number of carbonyl (C=O) groups excluding carboxylic acids is 1. The Balaban J connectivity index is 1.89. The van der Waals surface area contributed by atoms with Crippen LogP contribution in [0, 0.1) is 13.8 Å². The van der Waals surface area contributed by atoms with Crippen LogP contribution < -0.4 is 5.32 Å². The summed E-state index contributed by atoms with van der Waals surface area (Å²) in [6, 6.07) is 11.5. The van der Waals surface area contributed by atoms with Gasteiger partial charge in [-0.05, 0) is 65.9 Å². The van der Waals surface area contributed by atoms with Crippen molar-refractivity contribution in [2.45, 2.75) is 23.9 Å². The number of hydrogen-bond acceptors (Lipinski definition) is 5. The van der Waals surface area contributed by atoms with Gasteiger partial charge in [0, 0.05) is 22.0 Å². The first kappa shape index (κ1) is 17.6. The third kappa shape index (κ3) is 4.08. The molecule has 0 aliphatic heterocycles. The molecule has 2 aromatic carbocycles. The van der Waals surface area contributed by atoms with Crippen molar-refractivity contribution in [3.63, 3.8) is 0 Å². The molecule has 1 N–H and O–H groups in total. The van der Waals surface area contributed by atoms with E-state index in [9.17, 15) is 4.79 Å². The normalized spacial score (nSPS) is 10.7. The van der Waals surface area contributed by atoms with E-state index < -0.39 is 0 Å². The maximum atomic E-state index is 12.7. The monoisotopic (exact) mass is 417 g/mol. The molecule has 8 heteroatoms. The van der Waals surface area contributed by atoms with Crippen molar-refractivity contribution in [3.05, 3.63) is 57.6 Å². The maximum Gasteiger partial charge on any atom is 0.255 e. The van der Waals surface area contributed by atoms with Gasteiger partial charge in [0.1, 0.15) is 0 Å². The van der Waals surface area contributed by atoms with Crippen LogP contribution in [0.1, 0.15) is 21.5 Å². The van der Waals surface area contributed by atoms with E-state index in [1.165, 1.54) is 11.8 Å². The maximum absolute atomic E-state index is 12.7. The van der Waals surface area contributed by atoms with Crippen LogP contribution in [0.4, 0.5) is 5.69 Å². The Bertz CT molecular complexity index is 941. The molecule has 0 aliphatic carbocycles. The van der Waals surface area contributed by atoms with Crippen molar-refractivity contribution in [1.29, 1.82) is 0 Å². The summed E-state index contributed by atoms with van der Waals surface area (Å²) in [7, 11) is 1.77. The van der Waals surface area contributed by atoms with Crippen LogP contribution in [0.2, 0.25) is 0 Å². The van der Waals surface area contributed by atoms with Crippen LogP contribution in [0.15, 0.2) is 50.9 Å². The van der Waals surface area contributed by atoms with Crippen molar-refractivity contribution in [3.8, 4) is 0 Å². The molecular weight excluding hydrogens is 402 g/mol. The lowest BCUT2D eigenvalue weighted by atomic mass is 10.1. The smallest absolute Gasteiger partial charge is 0.255 e. The van der Waals surface area contributed by atoms with Gasteiger partial charge in [0.25, 0.3) is 5.91 Å². The molecule has 0 radical (unpaired) electrons. The summed E-state index contributed by atoms with van der Waals surface area (Å²) in [6.07, 6.45) is 0. The molecule has 0 spiro atoms. The van der Waals surface area contributed by atoms with Gasteiger partial charge in [-0.2, -0.15) is 0 Å². The number of tetrazole rings is 1. The lowest BCUT2D eigenvalue weighted by Gasteiger charge is -2.12. The summed E-state index contributed by atoms with van der Waals surface area (Å²) in [6.45, 7) is 3.94. The SMILES string of the molecule is Cc1ccc(C(=O)Nc2cc(Br)ccc2Sc2nnnn2C)c(C)c1. The molecule has 0 bridgehead atoms. The summed E-state index contributed by atoms with van der Waals surface area (Å²) >= 11 is 4.84. The minimum absolute atomic E-state index is 0.145. The molecule has 0 aliphatic rings. The van der Waals surface area contributed by atoms with E-state index >= 15 is 0 Å². The van der Waals surface area contributed by atoms with Crippen molar-refractivity contribution in [2.24, 2.45) is 7.05 Å². The van der Waals surface area contributed by atoms with Gasteiger partial charge in [-0.15, -0.1) is 5.10 Å². The number of hydrogen-bond donors (Lipinski definition) is 1. The standard InChI is InChI=1S/C17H16BrN5OS/c1-10-4-6-13(11(2)8-10)16(24)19-14-9-12(18)5-7-15(14)25-17-20-21-22-23(17)3/h4-9H,1-3H3,(H,19,24). The lowest BCUT2D eigenvalue weighted by Crippen LogP contribution is -2.14. The van der Waals surface area contributed by atoms with Crippen LogP contribution >= 0.6 is 27.7 Å². The van der Waals surface area contributed by atoms with Crippen molar-refractivity contribution in [2.75, 3.05) is 5.32 Å². The Labute approximate surface area is 158 Å². The Morgan fingerprint density at radius 2 is 2.00 bits per heavy atom. The average Bonchev–Trinajstić information content (AvgIpc) is 2.95. The largest absolute Gasteiger partial charge is 0.321 e. The van der Waals surface area contributed by atoms with E-state index in [1.54, 1.807) is 11.7 Å². The van der Waals surface area contributed by atoms with Crippen molar-refractivity contribution < 1.29 is 4.79 Å². The van der Waals surface area contributed by atoms with Gasteiger partial charge >= 0.3 is 0 Å². The van der Waals surface area contributed by atoms with E-state index in [2.05, 4.69) is 36.8 Å². The number of nitrogens with one attached hydrogen (secondary N) is 1. The fourth-order valence-corrected chi connectivity index (χ4v) is 3.51. The van der Waals surface area contributed by atoms with Crippen LogP contribution in [0.25, 0.3) is 0 Å². The molecule has 1 heterocycles. The summed E-state index contributed by atoms with van der Waals surface area (Å²) < 4.78 is 2.46. The topological polar surface area (TPSA) is 72.7 Å². The van der Waals surface area contributed by atoms with Gasteiger partial charge in [0.15, 0.2) is 0 Å². The third-order valence-electron chi connectivity index (χ3n) is 3.60. The van der Waals surface area contributed by atoms with Crippen LogP contribution in [0.5, 0.6) is 0 Å². The van der Waals surface area contributed by atoms with Gasteiger partial charge in [0.05, 0.1) is 5.69 Å². The number of benzene rings is 2. The van der Waals surface area contributed by atoms with Crippen LogP contribution in [-0.4, -0.2) is 26.1 Å². The van der Waals surface area contributed by atoms with Gasteiger partial charge in [-0.25, -0.2) is 4.68 Å². The molecule has 0 saturated carbocycles. The number of rotatable bonds is 4. The quantitative estimate of drug-likeness (QED) is 0.694. The molecular formula is C17H16BrN5OS. The number of carbonyl (C=O) groups is 1. The Kier molecular flexibility index (Phi) is 5.19. The lowest BCUT2D eigenvalue weighted by molar-refractivity contribution is 0.102. The Morgan fingerprint density at radius 3 is 2.68 bits per heavy atom. The minimum Gasteiger partial charge on any atom is -0.321 e. The summed E-state index contributed by atoms with van der Waals surface area (Å²) in [5.74, 6) is -0.145. The first-order valence-electron chi connectivity index (χ1n) is 7.52. The second kappa shape index (κ2) is 7.37. The summed E-state index contributed by atoms with van der Waals surface area (Å²) in [4.78, 5) is 13.6. The van der Waals surface area contributed by atoms with E-state index in [0.717, 1.165) is 20.5 Å². The van der Waals surface area contributed by atoms with Gasteiger partial charge < -0.3 is 5.32 Å². The second-order valence-corrected chi connectivity index (χ2v) is 7.52. The zero-order valence-corrected chi connectivity index (χ0v) is 16.3. The number of nitrogens with zero attached hydrogens (tertiary/aromatic N) is 4. The molecule has 0 fully saturated rings. The fourth-order valence-electron chi connectivity index (χ4n) is 2.35. The highest BCUT2D eigenvalue weighted by atomic mass is 79.9. The molecule has 0 atom stereocenters. The Hall–Kier alpha value is -2.19. The highest BCUT2D eigenvalue weighted by Crippen LogP contribution is 2.34.